The van der Waals surface area contributed by atoms with E-state index >= 15 is 0 Å². The second-order valence-electron chi connectivity index (χ2n) is 7.40. The number of amides is 1. The van der Waals surface area contributed by atoms with E-state index in [2.05, 4.69) is 48.3 Å². The summed E-state index contributed by atoms with van der Waals surface area (Å²) in [5.74, 6) is 0.455. The van der Waals surface area contributed by atoms with Crippen LogP contribution >= 0.6 is 0 Å². The Morgan fingerprint density at radius 3 is 2.75 bits per heavy atom. The third-order valence-corrected chi connectivity index (χ3v) is 5.53. The first-order valence-electron chi connectivity index (χ1n) is 9.90. The van der Waals surface area contributed by atoms with Gasteiger partial charge in [0, 0.05) is 24.3 Å². The predicted molar refractivity (Wildman–Crippen MR) is 112 cm³/mol. The zero-order chi connectivity index (χ0) is 19.3. The van der Waals surface area contributed by atoms with Gasteiger partial charge >= 0.3 is 6.09 Å². The lowest BCUT2D eigenvalue weighted by atomic mass is 9.87. The molecule has 0 spiro atoms. The van der Waals surface area contributed by atoms with Crippen LogP contribution in [0.4, 0.5) is 4.79 Å². The van der Waals surface area contributed by atoms with Crippen LogP contribution in [0.2, 0.25) is 0 Å². The smallest absolute Gasteiger partial charge is 0.410 e. The Hall–Kier alpha value is -3.01. The van der Waals surface area contributed by atoms with Gasteiger partial charge in [0.15, 0.2) is 0 Å². The average molecular weight is 374 g/mol. The van der Waals surface area contributed by atoms with Crippen molar-refractivity contribution in [1.82, 2.24) is 9.88 Å². The molecule has 1 fully saturated rings. The van der Waals surface area contributed by atoms with E-state index in [0.29, 0.717) is 19.1 Å². The van der Waals surface area contributed by atoms with Crippen molar-refractivity contribution in [2.24, 2.45) is 5.92 Å². The van der Waals surface area contributed by atoms with E-state index in [0.717, 1.165) is 24.9 Å². The molecule has 0 aliphatic carbocycles. The Bertz CT molecular complexity index is 941. The van der Waals surface area contributed by atoms with Gasteiger partial charge in [-0.05, 0) is 48.8 Å². The molecule has 4 rings (SSSR count). The minimum atomic E-state index is -0.229. The number of hydrogen-bond acceptors (Lipinski definition) is 2. The number of likely N-dealkylation sites (tertiary alicyclic amines) is 1. The van der Waals surface area contributed by atoms with E-state index in [1.807, 2.05) is 35.2 Å². The number of hydrogen-bond donors (Lipinski definition) is 1. The zero-order valence-electron chi connectivity index (χ0n) is 16.2. The summed E-state index contributed by atoms with van der Waals surface area (Å²) < 4.78 is 5.51. The van der Waals surface area contributed by atoms with Crippen LogP contribution in [-0.2, 0) is 17.8 Å². The molecule has 0 radical (unpaired) electrons. The van der Waals surface area contributed by atoms with Crippen molar-refractivity contribution >= 4 is 17.0 Å². The molecule has 3 aromatic rings. The second kappa shape index (κ2) is 8.34. The Balaban J connectivity index is 1.36. The van der Waals surface area contributed by atoms with Crippen LogP contribution in [-0.4, -0.2) is 29.1 Å². The highest BCUT2D eigenvalue weighted by molar-refractivity contribution is 5.80. The van der Waals surface area contributed by atoms with Crippen molar-refractivity contribution in [2.75, 3.05) is 13.1 Å². The van der Waals surface area contributed by atoms with Crippen LogP contribution in [0.25, 0.3) is 10.9 Å². The number of allylic oxidation sites excluding steroid dienone is 1. The first-order chi connectivity index (χ1) is 13.7. The molecule has 1 amide bonds. The first-order valence-corrected chi connectivity index (χ1v) is 9.90. The maximum absolute atomic E-state index is 12.5. The third-order valence-electron chi connectivity index (χ3n) is 5.53. The summed E-state index contributed by atoms with van der Waals surface area (Å²) in [7, 11) is 0. The quantitative estimate of drug-likeness (QED) is 0.629. The summed E-state index contributed by atoms with van der Waals surface area (Å²) in [4.78, 5) is 17.8. The van der Waals surface area contributed by atoms with Gasteiger partial charge < -0.3 is 14.6 Å². The molecule has 1 atom stereocenters. The number of ether oxygens (including phenoxy) is 1. The van der Waals surface area contributed by atoms with Crippen molar-refractivity contribution in [2.45, 2.75) is 26.4 Å². The number of H-pyrrole nitrogens is 1. The lowest BCUT2D eigenvalue weighted by molar-refractivity contribution is 0.0915. The van der Waals surface area contributed by atoms with Crippen LogP contribution in [0.5, 0.6) is 0 Å². The van der Waals surface area contributed by atoms with Crippen molar-refractivity contribution in [1.29, 1.82) is 0 Å². The monoisotopic (exact) mass is 374 g/mol. The minimum absolute atomic E-state index is 0.229. The van der Waals surface area contributed by atoms with Crippen molar-refractivity contribution in [3.8, 4) is 0 Å². The zero-order valence-corrected chi connectivity index (χ0v) is 16.2. The maximum atomic E-state index is 12.5. The molecule has 1 N–H and O–H groups in total. The van der Waals surface area contributed by atoms with Gasteiger partial charge in [0.2, 0.25) is 0 Å². The van der Waals surface area contributed by atoms with Crippen molar-refractivity contribution in [3.05, 3.63) is 83.6 Å². The van der Waals surface area contributed by atoms with E-state index in [-0.39, 0.29) is 6.09 Å². The number of rotatable bonds is 4. The average Bonchev–Trinajstić information content (AvgIpc) is 3.15. The molecule has 0 saturated carbocycles. The van der Waals surface area contributed by atoms with Crippen molar-refractivity contribution in [3.63, 3.8) is 0 Å². The van der Waals surface area contributed by atoms with E-state index in [9.17, 15) is 4.79 Å². The van der Waals surface area contributed by atoms with E-state index in [1.165, 1.54) is 22.2 Å². The van der Waals surface area contributed by atoms with Crippen LogP contribution in [0.3, 0.4) is 0 Å². The summed E-state index contributed by atoms with van der Waals surface area (Å²) in [5, 5.41) is 1.25. The molecular weight excluding hydrogens is 348 g/mol. The molecule has 1 aliphatic rings. The number of nitrogens with zero attached hydrogens (tertiary/aromatic N) is 1. The fourth-order valence-corrected chi connectivity index (χ4v) is 3.96. The Labute approximate surface area is 165 Å². The molecule has 144 valence electrons. The largest absolute Gasteiger partial charge is 0.445 e. The van der Waals surface area contributed by atoms with Crippen LogP contribution in [0, 0.1) is 5.92 Å². The molecule has 0 unspecified atom stereocenters. The molecule has 4 nitrogen and oxygen atoms in total. The van der Waals surface area contributed by atoms with Gasteiger partial charge in [0.05, 0.1) is 0 Å². The molecule has 0 bridgehead atoms. The van der Waals surface area contributed by atoms with E-state index in [1.54, 1.807) is 0 Å². The molecule has 1 aromatic heterocycles. The number of aromatic nitrogens is 1. The predicted octanol–water partition coefficient (Wildman–Crippen LogP) is 5.32. The number of piperidine rings is 1. The molecule has 4 heteroatoms. The van der Waals surface area contributed by atoms with Crippen LogP contribution in [0.15, 0.2) is 72.3 Å². The SMILES string of the molecule is C/C=C1\CN(C(=O)OCc2ccccc2)CC[C@@H]1Cc1cc2ccccc2[nH]1. The lowest BCUT2D eigenvalue weighted by Crippen LogP contribution is -2.40. The second-order valence-corrected chi connectivity index (χ2v) is 7.40. The molecule has 2 aromatic carbocycles. The molecule has 1 saturated heterocycles. The topological polar surface area (TPSA) is 45.3 Å². The number of fused-ring (bicyclic) bond motifs is 1. The van der Waals surface area contributed by atoms with Gasteiger partial charge in [0.25, 0.3) is 0 Å². The highest BCUT2D eigenvalue weighted by Crippen LogP contribution is 2.28. The number of para-hydroxylation sites is 1. The minimum Gasteiger partial charge on any atom is -0.445 e. The van der Waals surface area contributed by atoms with E-state index in [4.69, 9.17) is 4.74 Å². The Morgan fingerprint density at radius 2 is 1.96 bits per heavy atom. The molecule has 1 aliphatic heterocycles. The van der Waals surface area contributed by atoms with Gasteiger partial charge in [0.1, 0.15) is 6.61 Å². The maximum Gasteiger partial charge on any atom is 0.410 e. The number of nitrogens with one attached hydrogen (secondary N) is 1. The molecule has 28 heavy (non-hydrogen) atoms. The molecule has 2 heterocycles. The van der Waals surface area contributed by atoms with Gasteiger partial charge in [-0.15, -0.1) is 0 Å². The fourth-order valence-electron chi connectivity index (χ4n) is 3.96. The van der Waals surface area contributed by atoms with E-state index < -0.39 is 0 Å². The summed E-state index contributed by atoms with van der Waals surface area (Å²) in [6.45, 7) is 3.76. The van der Waals surface area contributed by atoms with Gasteiger partial charge in [-0.25, -0.2) is 4.79 Å². The van der Waals surface area contributed by atoms with Gasteiger partial charge in [-0.1, -0.05) is 60.2 Å². The Morgan fingerprint density at radius 1 is 1.18 bits per heavy atom. The lowest BCUT2D eigenvalue weighted by Gasteiger charge is -2.33. The number of carbonyl (C=O) groups excluding carboxylic acids is 1. The third kappa shape index (κ3) is 4.11. The van der Waals surface area contributed by atoms with Crippen LogP contribution < -0.4 is 0 Å². The summed E-state index contributed by atoms with van der Waals surface area (Å²) in [6, 6.07) is 20.4. The summed E-state index contributed by atoms with van der Waals surface area (Å²) in [5.41, 5.74) is 4.75. The number of carbonyl (C=O) groups is 1. The molecular formula is C24H26N2O2. The number of benzene rings is 2. The van der Waals surface area contributed by atoms with Crippen molar-refractivity contribution < 1.29 is 9.53 Å². The highest BCUT2D eigenvalue weighted by Gasteiger charge is 2.27. The summed E-state index contributed by atoms with van der Waals surface area (Å²) in [6.07, 6.45) is 3.85. The number of aromatic amines is 1. The van der Waals surface area contributed by atoms with Gasteiger partial charge in [-0.2, -0.15) is 0 Å². The standard InChI is InChI=1S/C24H26N2O2/c1-2-19-16-26(24(27)28-17-18-8-4-3-5-9-18)13-12-20(19)14-22-15-21-10-6-7-11-23(21)25-22/h2-11,15,20,25H,12-14,16-17H2,1H3/b19-2+/t20-/m1/s1. The Kier molecular flexibility index (Phi) is 5.47. The van der Waals surface area contributed by atoms with Gasteiger partial charge in [-0.3, -0.25) is 0 Å². The highest BCUT2D eigenvalue weighted by atomic mass is 16.6. The first kappa shape index (κ1) is 18.4. The normalized spacial score (nSPS) is 18.5. The fraction of sp³-hybridized carbons (Fsp3) is 0.292. The summed E-state index contributed by atoms with van der Waals surface area (Å²) >= 11 is 0. The van der Waals surface area contributed by atoms with Crippen LogP contribution in [0.1, 0.15) is 24.6 Å².